The first-order valence-corrected chi connectivity index (χ1v) is 9.31. The van der Waals surface area contributed by atoms with E-state index in [1.54, 1.807) is 0 Å². The van der Waals surface area contributed by atoms with Crippen LogP contribution in [0, 0.1) is 0 Å². The lowest BCUT2D eigenvalue weighted by Gasteiger charge is -2.16. The van der Waals surface area contributed by atoms with Gasteiger partial charge in [-0.2, -0.15) is 0 Å². The maximum Gasteiger partial charge on any atom is 0.315 e. The van der Waals surface area contributed by atoms with Gasteiger partial charge in [0.15, 0.2) is 0 Å². The molecule has 1 heterocycles. The Balaban J connectivity index is 1.53. The molecular weight excluding hydrogens is 364 g/mol. The number of hydrogen-bond acceptors (Lipinski definition) is 4. The fourth-order valence-corrected chi connectivity index (χ4v) is 2.94. The first-order chi connectivity index (χ1) is 14.3. The molecule has 6 heteroatoms. The van der Waals surface area contributed by atoms with E-state index in [1.165, 1.54) is 0 Å². The summed E-state index contributed by atoms with van der Waals surface area (Å²) in [4.78, 5) is 12.5. The smallest absolute Gasteiger partial charge is 0.315 e. The Morgan fingerprint density at radius 1 is 0.828 bits per heavy atom. The van der Waals surface area contributed by atoms with Crippen molar-refractivity contribution >= 4 is 6.03 Å². The van der Waals surface area contributed by atoms with Gasteiger partial charge in [-0.25, -0.2) is 4.79 Å². The van der Waals surface area contributed by atoms with Gasteiger partial charge in [0.1, 0.15) is 6.04 Å². The summed E-state index contributed by atoms with van der Waals surface area (Å²) in [5, 5.41) is 14.1. The number of carbonyl (C=O) groups excluding carboxylic acids is 1. The lowest BCUT2D eigenvalue weighted by atomic mass is 10.1. The molecule has 0 unspecified atom stereocenters. The van der Waals surface area contributed by atoms with Crippen molar-refractivity contribution in [3.63, 3.8) is 0 Å². The lowest BCUT2D eigenvalue weighted by molar-refractivity contribution is 0.236. The maximum atomic E-state index is 12.5. The number of hydrogen-bond donors (Lipinski definition) is 2. The molecule has 0 fully saturated rings. The molecule has 0 spiro atoms. The molecule has 0 radical (unpaired) electrons. The fraction of sp³-hybridized carbons (Fsp3) is 0.0870. The number of benzene rings is 3. The summed E-state index contributed by atoms with van der Waals surface area (Å²) in [5.41, 5.74) is 2.69. The number of carbonyl (C=O) groups is 1. The van der Waals surface area contributed by atoms with Crippen molar-refractivity contribution in [2.75, 3.05) is 0 Å². The zero-order chi connectivity index (χ0) is 19.9. The molecule has 1 aromatic heterocycles. The van der Waals surface area contributed by atoms with Crippen LogP contribution in [0.25, 0.3) is 11.5 Å². The first-order valence-electron chi connectivity index (χ1n) is 9.31. The van der Waals surface area contributed by atoms with E-state index in [1.807, 2.05) is 91.0 Å². The van der Waals surface area contributed by atoms with Crippen LogP contribution in [0.4, 0.5) is 4.79 Å². The molecule has 0 bridgehead atoms. The van der Waals surface area contributed by atoms with E-state index in [4.69, 9.17) is 4.42 Å². The molecule has 29 heavy (non-hydrogen) atoms. The maximum absolute atomic E-state index is 12.5. The van der Waals surface area contributed by atoms with Crippen LogP contribution in [0.5, 0.6) is 0 Å². The second-order valence-corrected chi connectivity index (χ2v) is 6.47. The predicted octanol–water partition coefficient (Wildman–Crippen LogP) is 4.33. The number of amides is 2. The van der Waals surface area contributed by atoms with Crippen LogP contribution in [0.3, 0.4) is 0 Å². The Labute approximate surface area is 168 Å². The lowest BCUT2D eigenvalue weighted by Crippen LogP contribution is -2.38. The largest absolute Gasteiger partial charge is 0.418 e. The molecule has 0 aliphatic rings. The van der Waals surface area contributed by atoms with Crippen LogP contribution in [0.1, 0.15) is 23.1 Å². The predicted molar refractivity (Wildman–Crippen MR) is 110 cm³/mol. The Hall–Kier alpha value is -3.93. The second kappa shape index (κ2) is 8.84. The van der Waals surface area contributed by atoms with E-state index in [0.717, 1.165) is 16.7 Å². The van der Waals surface area contributed by atoms with Gasteiger partial charge in [0.2, 0.25) is 11.8 Å². The van der Waals surface area contributed by atoms with Crippen molar-refractivity contribution in [3.8, 4) is 11.5 Å². The van der Waals surface area contributed by atoms with E-state index in [9.17, 15) is 4.79 Å². The highest BCUT2D eigenvalue weighted by atomic mass is 16.4. The number of nitrogens with one attached hydrogen (secondary N) is 2. The van der Waals surface area contributed by atoms with Crippen LogP contribution >= 0.6 is 0 Å². The SMILES string of the molecule is O=C(NCc1ccccc1)N[C@@H](c1ccccc1)c1nnc(-c2ccccc2)o1. The minimum absolute atomic E-state index is 0.317. The molecule has 4 aromatic rings. The summed E-state index contributed by atoms with van der Waals surface area (Å²) in [7, 11) is 0. The topological polar surface area (TPSA) is 80.0 Å². The van der Waals surface area contributed by atoms with Crippen molar-refractivity contribution in [1.82, 2.24) is 20.8 Å². The van der Waals surface area contributed by atoms with Crippen molar-refractivity contribution in [2.24, 2.45) is 0 Å². The van der Waals surface area contributed by atoms with E-state index in [2.05, 4.69) is 20.8 Å². The van der Waals surface area contributed by atoms with E-state index in [0.29, 0.717) is 18.3 Å². The molecule has 6 nitrogen and oxygen atoms in total. The molecular formula is C23H20N4O2. The van der Waals surface area contributed by atoms with E-state index in [-0.39, 0.29) is 6.03 Å². The monoisotopic (exact) mass is 384 g/mol. The van der Waals surface area contributed by atoms with Gasteiger partial charge in [-0.3, -0.25) is 0 Å². The number of rotatable bonds is 6. The Bertz CT molecular complexity index is 1050. The zero-order valence-electron chi connectivity index (χ0n) is 15.7. The van der Waals surface area contributed by atoms with Gasteiger partial charge in [0, 0.05) is 12.1 Å². The third kappa shape index (κ3) is 4.68. The average molecular weight is 384 g/mol. The summed E-state index contributed by atoms with van der Waals surface area (Å²) >= 11 is 0. The highest BCUT2D eigenvalue weighted by molar-refractivity contribution is 5.74. The van der Waals surface area contributed by atoms with Crippen LogP contribution in [0.15, 0.2) is 95.4 Å². The third-order valence-corrected chi connectivity index (χ3v) is 4.41. The zero-order valence-corrected chi connectivity index (χ0v) is 15.7. The number of aromatic nitrogens is 2. The van der Waals surface area contributed by atoms with Crippen molar-refractivity contribution in [1.29, 1.82) is 0 Å². The molecule has 0 saturated carbocycles. The molecule has 2 N–H and O–H groups in total. The molecule has 4 rings (SSSR count). The Kier molecular flexibility index (Phi) is 5.62. The van der Waals surface area contributed by atoms with Crippen molar-refractivity contribution < 1.29 is 9.21 Å². The molecule has 0 aliphatic heterocycles. The molecule has 2 amide bonds. The summed E-state index contributed by atoms with van der Waals surface area (Å²) < 4.78 is 5.89. The average Bonchev–Trinajstić information content (AvgIpc) is 3.28. The van der Waals surface area contributed by atoms with Crippen LogP contribution in [-0.4, -0.2) is 16.2 Å². The summed E-state index contributed by atoms with van der Waals surface area (Å²) in [6, 6.07) is 27.9. The third-order valence-electron chi connectivity index (χ3n) is 4.41. The standard InChI is InChI=1S/C23H20N4O2/c28-23(24-16-17-10-4-1-5-11-17)25-20(18-12-6-2-7-13-18)22-27-26-21(29-22)19-14-8-3-9-15-19/h1-15,20H,16H2,(H2,24,25,28)/t20-/m0/s1. The highest BCUT2D eigenvalue weighted by Gasteiger charge is 2.23. The van der Waals surface area contributed by atoms with Gasteiger partial charge >= 0.3 is 6.03 Å². The van der Waals surface area contributed by atoms with Gasteiger partial charge in [0.05, 0.1) is 0 Å². The molecule has 0 saturated heterocycles. The van der Waals surface area contributed by atoms with E-state index >= 15 is 0 Å². The highest BCUT2D eigenvalue weighted by Crippen LogP contribution is 2.24. The Morgan fingerprint density at radius 2 is 1.45 bits per heavy atom. The summed E-state index contributed by atoms with van der Waals surface area (Å²) in [5.74, 6) is 0.734. The van der Waals surface area contributed by atoms with Crippen LogP contribution in [-0.2, 0) is 6.54 Å². The van der Waals surface area contributed by atoms with Gasteiger partial charge < -0.3 is 15.1 Å². The molecule has 3 aromatic carbocycles. The molecule has 1 atom stereocenters. The first kappa shape index (κ1) is 18.4. The van der Waals surface area contributed by atoms with Gasteiger partial charge in [-0.05, 0) is 23.3 Å². The molecule has 144 valence electrons. The van der Waals surface area contributed by atoms with Crippen molar-refractivity contribution in [3.05, 3.63) is 108 Å². The number of urea groups is 1. The minimum atomic E-state index is -0.558. The van der Waals surface area contributed by atoms with Gasteiger partial charge in [-0.1, -0.05) is 78.9 Å². The van der Waals surface area contributed by atoms with Gasteiger partial charge in [-0.15, -0.1) is 10.2 Å². The quantitative estimate of drug-likeness (QED) is 0.519. The fourth-order valence-electron chi connectivity index (χ4n) is 2.94. The second-order valence-electron chi connectivity index (χ2n) is 6.47. The normalized spacial score (nSPS) is 11.6. The minimum Gasteiger partial charge on any atom is -0.418 e. The van der Waals surface area contributed by atoms with Gasteiger partial charge in [0.25, 0.3) is 0 Å². The Morgan fingerprint density at radius 3 is 2.14 bits per heavy atom. The number of nitrogens with zero attached hydrogens (tertiary/aromatic N) is 2. The molecule has 0 aliphatic carbocycles. The summed E-state index contributed by atoms with van der Waals surface area (Å²) in [6.07, 6.45) is 0. The van der Waals surface area contributed by atoms with E-state index < -0.39 is 6.04 Å². The van der Waals surface area contributed by atoms with Crippen molar-refractivity contribution in [2.45, 2.75) is 12.6 Å². The van der Waals surface area contributed by atoms with Crippen LogP contribution in [0.2, 0.25) is 0 Å². The van der Waals surface area contributed by atoms with Crippen LogP contribution < -0.4 is 10.6 Å². The summed E-state index contributed by atoms with van der Waals surface area (Å²) in [6.45, 7) is 0.424.